The maximum absolute atomic E-state index is 12.6. The van der Waals surface area contributed by atoms with Crippen molar-refractivity contribution in [2.75, 3.05) is 0 Å². The van der Waals surface area contributed by atoms with Crippen LogP contribution in [0, 0.1) is 5.82 Å². The number of benzene rings is 1. The molecule has 0 fully saturated rings. The molecule has 0 amide bonds. The Morgan fingerprint density at radius 1 is 1.50 bits per heavy atom. The summed E-state index contributed by atoms with van der Waals surface area (Å²) in [5.41, 5.74) is 0. The number of halogens is 2. The standard InChI is InChI=1S/C6H4BrFOS/c7-4-1-3(10)2-5(9)6(4)8/h1-2,9-10H. The molecule has 0 aromatic heterocycles. The third kappa shape index (κ3) is 1.44. The third-order valence-electron chi connectivity index (χ3n) is 0.994. The first kappa shape index (κ1) is 7.88. The van der Waals surface area contributed by atoms with Crippen molar-refractivity contribution < 1.29 is 9.50 Å². The highest BCUT2D eigenvalue weighted by atomic mass is 79.9. The van der Waals surface area contributed by atoms with Gasteiger partial charge in [0.15, 0.2) is 11.6 Å². The number of thiol groups is 1. The number of aromatic hydroxyl groups is 1. The topological polar surface area (TPSA) is 20.2 Å². The van der Waals surface area contributed by atoms with E-state index in [0.29, 0.717) is 4.90 Å². The van der Waals surface area contributed by atoms with Crippen molar-refractivity contribution in [2.24, 2.45) is 0 Å². The Morgan fingerprint density at radius 3 is 2.60 bits per heavy atom. The molecule has 1 aromatic rings. The number of rotatable bonds is 0. The molecule has 0 spiro atoms. The molecule has 1 rings (SSSR count). The molecule has 4 heteroatoms. The van der Waals surface area contributed by atoms with E-state index in [1.54, 1.807) is 0 Å². The average Bonchev–Trinajstić information content (AvgIpc) is 1.82. The van der Waals surface area contributed by atoms with Crippen molar-refractivity contribution in [1.29, 1.82) is 0 Å². The molecular formula is C6H4BrFOS. The van der Waals surface area contributed by atoms with Gasteiger partial charge in [-0.15, -0.1) is 12.6 Å². The summed E-state index contributed by atoms with van der Waals surface area (Å²) in [7, 11) is 0. The maximum Gasteiger partial charge on any atom is 0.179 e. The second-order valence-electron chi connectivity index (χ2n) is 1.76. The zero-order valence-electron chi connectivity index (χ0n) is 4.81. The summed E-state index contributed by atoms with van der Waals surface area (Å²) in [6, 6.07) is 2.71. The van der Waals surface area contributed by atoms with Crippen molar-refractivity contribution >= 4 is 28.6 Å². The van der Waals surface area contributed by atoms with Gasteiger partial charge in [0.2, 0.25) is 0 Å². The van der Waals surface area contributed by atoms with Crippen LogP contribution in [0.3, 0.4) is 0 Å². The fraction of sp³-hybridized carbons (Fsp3) is 0. The predicted octanol–water partition coefficient (Wildman–Crippen LogP) is 2.58. The van der Waals surface area contributed by atoms with E-state index < -0.39 is 5.82 Å². The highest BCUT2D eigenvalue weighted by Crippen LogP contribution is 2.27. The van der Waals surface area contributed by atoms with Crippen LogP contribution in [0.25, 0.3) is 0 Å². The van der Waals surface area contributed by atoms with Gasteiger partial charge in [-0.3, -0.25) is 0 Å². The summed E-state index contributed by atoms with van der Waals surface area (Å²) in [5.74, 6) is -1.04. The summed E-state index contributed by atoms with van der Waals surface area (Å²) in [6.07, 6.45) is 0. The second kappa shape index (κ2) is 2.80. The van der Waals surface area contributed by atoms with Gasteiger partial charge in [0.1, 0.15) is 0 Å². The molecule has 0 aliphatic rings. The van der Waals surface area contributed by atoms with E-state index in [-0.39, 0.29) is 10.2 Å². The first-order valence-electron chi connectivity index (χ1n) is 2.48. The van der Waals surface area contributed by atoms with E-state index in [0.717, 1.165) is 0 Å². The summed E-state index contributed by atoms with van der Waals surface area (Å²) in [6.45, 7) is 0. The van der Waals surface area contributed by atoms with Crippen LogP contribution >= 0.6 is 28.6 Å². The lowest BCUT2D eigenvalue weighted by Gasteiger charge is -1.98. The summed E-state index contributed by atoms with van der Waals surface area (Å²) < 4.78 is 12.8. The van der Waals surface area contributed by atoms with Gasteiger partial charge in [-0.2, -0.15) is 0 Å². The Morgan fingerprint density at radius 2 is 2.10 bits per heavy atom. The summed E-state index contributed by atoms with van der Waals surface area (Å²) >= 11 is 6.83. The van der Waals surface area contributed by atoms with Crippen LogP contribution < -0.4 is 0 Å². The quantitative estimate of drug-likeness (QED) is 0.647. The highest BCUT2D eigenvalue weighted by Gasteiger charge is 2.04. The van der Waals surface area contributed by atoms with E-state index in [9.17, 15) is 4.39 Å². The molecular weight excluding hydrogens is 219 g/mol. The first-order chi connectivity index (χ1) is 4.61. The zero-order chi connectivity index (χ0) is 7.72. The van der Waals surface area contributed by atoms with Crippen LogP contribution in [0.15, 0.2) is 21.5 Å². The van der Waals surface area contributed by atoms with E-state index in [1.807, 2.05) is 0 Å². The molecule has 0 saturated carbocycles. The van der Waals surface area contributed by atoms with Gasteiger partial charge < -0.3 is 5.11 Å². The normalized spacial score (nSPS) is 9.90. The monoisotopic (exact) mass is 222 g/mol. The van der Waals surface area contributed by atoms with Crippen molar-refractivity contribution in [1.82, 2.24) is 0 Å². The number of hydrogen-bond donors (Lipinski definition) is 2. The molecule has 10 heavy (non-hydrogen) atoms. The molecule has 1 N–H and O–H groups in total. The zero-order valence-corrected chi connectivity index (χ0v) is 7.29. The van der Waals surface area contributed by atoms with Gasteiger partial charge in [0.25, 0.3) is 0 Å². The van der Waals surface area contributed by atoms with Gasteiger partial charge in [-0.05, 0) is 28.1 Å². The van der Waals surface area contributed by atoms with Crippen molar-refractivity contribution in [3.05, 3.63) is 22.4 Å². The smallest absolute Gasteiger partial charge is 0.179 e. The highest BCUT2D eigenvalue weighted by molar-refractivity contribution is 9.10. The fourth-order valence-electron chi connectivity index (χ4n) is 0.561. The van der Waals surface area contributed by atoms with Crippen LogP contribution in [0.4, 0.5) is 4.39 Å². The van der Waals surface area contributed by atoms with E-state index in [1.165, 1.54) is 12.1 Å². The third-order valence-corrected chi connectivity index (χ3v) is 1.83. The lowest BCUT2D eigenvalue weighted by atomic mass is 10.3. The Labute approximate surface area is 71.4 Å². The van der Waals surface area contributed by atoms with E-state index in [2.05, 4.69) is 28.6 Å². The molecule has 0 aliphatic carbocycles. The average molecular weight is 223 g/mol. The molecule has 1 aromatic carbocycles. The molecule has 0 heterocycles. The van der Waals surface area contributed by atoms with Crippen molar-refractivity contribution in [2.45, 2.75) is 4.90 Å². The first-order valence-corrected chi connectivity index (χ1v) is 3.72. The Bertz CT molecular complexity index is 241. The molecule has 0 aliphatic heterocycles. The van der Waals surface area contributed by atoms with Gasteiger partial charge in [-0.1, -0.05) is 0 Å². The number of hydrogen-bond acceptors (Lipinski definition) is 2. The predicted molar refractivity (Wildman–Crippen MR) is 43.0 cm³/mol. The fourth-order valence-corrected chi connectivity index (χ4v) is 1.44. The van der Waals surface area contributed by atoms with Gasteiger partial charge in [0, 0.05) is 4.90 Å². The molecule has 0 bridgehead atoms. The molecule has 0 atom stereocenters. The van der Waals surface area contributed by atoms with Gasteiger partial charge in [-0.25, -0.2) is 4.39 Å². The minimum Gasteiger partial charge on any atom is -0.505 e. The molecule has 54 valence electrons. The van der Waals surface area contributed by atoms with Crippen LogP contribution in [0.2, 0.25) is 0 Å². The van der Waals surface area contributed by atoms with E-state index >= 15 is 0 Å². The molecule has 0 saturated heterocycles. The molecule has 0 unspecified atom stereocenters. The summed E-state index contributed by atoms with van der Waals surface area (Å²) in [4.78, 5) is 0.519. The van der Waals surface area contributed by atoms with Gasteiger partial charge >= 0.3 is 0 Å². The Hall–Kier alpha value is -0.220. The molecule has 0 radical (unpaired) electrons. The van der Waals surface area contributed by atoms with Crippen LogP contribution in [0.5, 0.6) is 5.75 Å². The van der Waals surface area contributed by atoms with E-state index in [4.69, 9.17) is 5.11 Å². The second-order valence-corrected chi connectivity index (χ2v) is 3.13. The lowest BCUT2D eigenvalue weighted by molar-refractivity contribution is 0.429. The Kier molecular flexibility index (Phi) is 2.21. The minimum absolute atomic E-state index is 0.220. The largest absolute Gasteiger partial charge is 0.505 e. The van der Waals surface area contributed by atoms with Crippen LogP contribution in [-0.2, 0) is 0 Å². The minimum atomic E-state index is -0.655. The number of phenols is 1. The molecule has 1 nitrogen and oxygen atoms in total. The van der Waals surface area contributed by atoms with Crippen LogP contribution in [-0.4, -0.2) is 5.11 Å². The van der Waals surface area contributed by atoms with Gasteiger partial charge in [0.05, 0.1) is 4.47 Å². The van der Waals surface area contributed by atoms with Crippen LogP contribution in [0.1, 0.15) is 0 Å². The lowest BCUT2D eigenvalue weighted by Crippen LogP contribution is -1.78. The van der Waals surface area contributed by atoms with Crippen molar-refractivity contribution in [3.8, 4) is 5.75 Å². The number of phenolic OH excluding ortho intramolecular Hbond substituents is 1. The summed E-state index contributed by atoms with van der Waals surface area (Å²) in [5, 5.41) is 8.83. The van der Waals surface area contributed by atoms with Crippen molar-refractivity contribution in [3.63, 3.8) is 0 Å². The maximum atomic E-state index is 12.6. The Balaban J connectivity index is 3.31. The SMILES string of the molecule is Oc1cc(S)cc(Br)c1F.